The van der Waals surface area contributed by atoms with Gasteiger partial charge in [0.25, 0.3) is 0 Å². The van der Waals surface area contributed by atoms with Gasteiger partial charge in [0.2, 0.25) is 5.91 Å². The van der Waals surface area contributed by atoms with Gasteiger partial charge < -0.3 is 4.90 Å². The number of rotatable bonds is 5. The number of carbonyl (C=O) groups is 1. The maximum absolute atomic E-state index is 13.1. The van der Waals surface area contributed by atoms with Crippen LogP contribution in [0, 0.1) is 6.92 Å². The van der Waals surface area contributed by atoms with Crippen LogP contribution in [0.2, 0.25) is 5.02 Å². The number of amides is 1. The van der Waals surface area contributed by atoms with Gasteiger partial charge in [-0.2, -0.15) is 5.10 Å². The minimum atomic E-state index is -0.0547. The first-order chi connectivity index (χ1) is 14.6. The van der Waals surface area contributed by atoms with Crippen LogP contribution in [0.25, 0.3) is 0 Å². The average Bonchev–Trinajstić information content (AvgIpc) is 3.05. The van der Waals surface area contributed by atoms with Crippen LogP contribution in [0.4, 0.5) is 0 Å². The molecule has 0 spiro atoms. The van der Waals surface area contributed by atoms with E-state index in [1.165, 1.54) is 5.56 Å². The molecule has 1 saturated heterocycles. The molecule has 7 heteroatoms. The number of nitrogens with zero attached hydrogens (tertiary/aromatic N) is 4. The molecule has 1 aromatic heterocycles. The highest BCUT2D eigenvalue weighted by atomic mass is 35.5. The summed E-state index contributed by atoms with van der Waals surface area (Å²) in [6.07, 6.45) is 1.26. The van der Waals surface area contributed by atoms with E-state index >= 15 is 0 Å². The number of aromatic amines is 1. The largest absolute Gasteiger partial charge is 0.340 e. The van der Waals surface area contributed by atoms with Crippen LogP contribution in [-0.4, -0.2) is 50.5 Å². The lowest BCUT2D eigenvalue weighted by molar-refractivity contribution is -0.130. The fraction of sp³-hybridized carbons (Fsp3) is 0.348. The Morgan fingerprint density at radius 3 is 2.67 bits per heavy atom. The number of halogens is 1. The smallest absolute Gasteiger partial charge is 0.227 e. The molecule has 1 amide bonds. The molecule has 1 N–H and O–H groups in total. The van der Waals surface area contributed by atoms with E-state index in [0.717, 1.165) is 43.3 Å². The summed E-state index contributed by atoms with van der Waals surface area (Å²) in [6, 6.07) is 17.9. The van der Waals surface area contributed by atoms with Crippen LogP contribution < -0.4 is 0 Å². The minimum Gasteiger partial charge on any atom is -0.340 e. The van der Waals surface area contributed by atoms with Crippen molar-refractivity contribution >= 4 is 17.5 Å². The third-order valence-electron chi connectivity index (χ3n) is 5.45. The Morgan fingerprint density at radius 1 is 1.13 bits per heavy atom. The van der Waals surface area contributed by atoms with E-state index in [-0.39, 0.29) is 11.9 Å². The number of nitrogens with one attached hydrogen (secondary N) is 1. The molecule has 3 aromatic rings. The molecule has 0 saturated carbocycles. The number of H-pyrrole nitrogens is 1. The second-order valence-corrected chi connectivity index (χ2v) is 8.19. The summed E-state index contributed by atoms with van der Waals surface area (Å²) in [5, 5.41) is 8.04. The number of benzene rings is 2. The summed E-state index contributed by atoms with van der Waals surface area (Å²) in [7, 11) is 0. The monoisotopic (exact) mass is 423 g/mol. The van der Waals surface area contributed by atoms with Crippen molar-refractivity contribution in [1.82, 2.24) is 25.0 Å². The molecule has 1 aliphatic heterocycles. The zero-order valence-corrected chi connectivity index (χ0v) is 17.8. The van der Waals surface area contributed by atoms with E-state index in [9.17, 15) is 4.79 Å². The topological polar surface area (TPSA) is 65.1 Å². The van der Waals surface area contributed by atoms with Crippen molar-refractivity contribution in [2.75, 3.05) is 19.6 Å². The molecule has 1 fully saturated rings. The second-order valence-electron chi connectivity index (χ2n) is 7.75. The first kappa shape index (κ1) is 20.6. The SMILES string of the molecule is Cc1nc(C2CN(C(=O)Cc3cccc(Cl)c3)CCCN2Cc2ccccc2)n[nH]1. The summed E-state index contributed by atoms with van der Waals surface area (Å²) in [4.78, 5) is 22.0. The Morgan fingerprint density at radius 2 is 1.93 bits per heavy atom. The first-order valence-electron chi connectivity index (χ1n) is 10.3. The van der Waals surface area contributed by atoms with Crippen molar-refractivity contribution in [2.24, 2.45) is 0 Å². The highest BCUT2D eigenvalue weighted by molar-refractivity contribution is 6.30. The van der Waals surface area contributed by atoms with Crippen LogP contribution in [-0.2, 0) is 17.8 Å². The molecule has 2 heterocycles. The van der Waals surface area contributed by atoms with Crippen LogP contribution in [0.15, 0.2) is 54.6 Å². The van der Waals surface area contributed by atoms with E-state index in [2.05, 4.69) is 44.3 Å². The summed E-state index contributed by atoms with van der Waals surface area (Å²) in [6.45, 7) is 4.88. The van der Waals surface area contributed by atoms with Gasteiger partial charge in [0.1, 0.15) is 5.82 Å². The van der Waals surface area contributed by atoms with Crippen LogP contribution >= 0.6 is 11.6 Å². The first-order valence-corrected chi connectivity index (χ1v) is 10.7. The van der Waals surface area contributed by atoms with Crippen molar-refractivity contribution in [2.45, 2.75) is 32.4 Å². The summed E-state index contributed by atoms with van der Waals surface area (Å²) in [5.74, 6) is 1.63. The molecule has 30 heavy (non-hydrogen) atoms. The normalized spacial score (nSPS) is 17.7. The Hall–Kier alpha value is -2.70. The summed E-state index contributed by atoms with van der Waals surface area (Å²) in [5.41, 5.74) is 2.18. The molecule has 6 nitrogen and oxygen atoms in total. The van der Waals surface area contributed by atoms with Crippen molar-refractivity contribution in [3.05, 3.63) is 82.4 Å². The second kappa shape index (κ2) is 9.41. The number of carbonyl (C=O) groups excluding carboxylic acids is 1. The summed E-state index contributed by atoms with van der Waals surface area (Å²) >= 11 is 6.09. The number of aryl methyl sites for hydroxylation is 1. The minimum absolute atomic E-state index is 0.0547. The van der Waals surface area contributed by atoms with E-state index in [1.54, 1.807) is 0 Å². The molecule has 156 valence electrons. The van der Waals surface area contributed by atoms with Gasteiger partial charge in [0.15, 0.2) is 5.82 Å². The van der Waals surface area contributed by atoms with Crippen molar-refractivity contribution in [3.8, 4) is 0 Å². The molecule has 0 aliphatic carbocycles. The Bertz CT molecular complexity index is 990. The molecule has 2 aromatic carbocycles. The molecule has 1 atom stereocenters. The zero-order valence-electron chi connectivity index (χ0n) is 17.1. The fourth-order valence-corrected chi connectivity index (χ4v) is 4.17. The van der Waals surface area contributed by atoms with Crippen molar-refractivity contribution in [1.29, 1.82) is 0 Å². The lowest BCUT2D eigenvalue weighted by atomic mass is 10.1. The van der Waals surface area contributed by atoms with Gasteiger partial charge in [0.05, 0.1) is 12.5 Å². The predicted molar refractivity (Wildman–Crippen MR) is 117 cm³/mol. The quantitative estimate of drug-likeness (QED) is 0.678. The Labute approximate surface area is 181 Å². The van der Waals surface area contributed by atoms with Gasteiger partial charge in [-0.15, -0.1) is 0 Å². The van der Waals surface area contributed by atoms with Gasteiger partial charge in [-0.1, -0.05) is 54.1 Å². The predicted octanol–water partition coefficient (Wildman–Crippen LogP) is 3.78. The van der Waals surface area contributed by atoms with Gasteiger partial charge in [-0.05, 0) is 36.6 Å². The molecule has 4 rings (SSSR count). The van der Waals surface area contributed by atoms with Crippen LogP contribution in [0.3, 0.4) is 0 Å². The lowest BCUT2D eigenvalue weighted by Gasteiger charge is -2.30. The zero-order chi connectivity index (χ0) is 20.9. The highest BCUT2D eigenvalue weighted by Gasteiger charge is 2.31. The van der Waals surface area contributed by atoms with E-state index in [4.69, 9.17) is 11.6 Å². The number of aromatic nitrogens is 3. The van der Waals surface area contributed by atoms with Crippen molar-refractivity contribution < 1.29 is 4.79 Å². The van der Waals surface area contributed by atoms with E-state index in [1.807, 2.05) is 42.2 Å². The van der Waals surface area contributed by atoms with Gasteiger partial charge in [0, 0.05) is 31.2 Å². The van der Waals surface area contributed by atoms with E-state index in [0.29, 0.717) is 18.0 Å². The maximum atomic E-state index is 13.1. The summed E-state index contributed by atoms with van der Waals surface area (Å²) < 4.78 is 0. The molecule has 1 aliphatic rings. The van der Waals surface area contributed by atoms with Crippen LogP contribution in [0.1, 0.15) is 35.2 Å². The van der Waals surface area contributed by atoms with Crippen molar-refractivity contribution in [3.63, 3.8) is 0 Å². The van der Waals surface area contributed by atoms with E-state index < -0.39 is 0 Å². The molecule has 1 unspecified atom stereocenters. The molecular weight excluding hydrogens is 398 g/mol. The molecular formula is C23H26ClN5O. The third-order valence-corrected chi connectivity index (χ3v) is 5.68. The Balaban J connectivity index is 1.54. The van der Waals surface area contributed by atoms with Crippen LogP contribution in [0.5, 0.6) is 0 Å². The third kappa shape index (κ3) is 5.07. The maximum Gasteiger partial charge on any atom is 0.227 e. The standard InChI is InChI=1S/C23H26ClN5O/c1-17-25-23(27-26-17)21-16-29(22(30)14-19-9-5-10-20(24)13-19)12-6-11-28(21)15-18-7-3-2-4-8-18/h2-5,7-10,13,21H,6,11-12,14-16H2,1H3,(H,25,26,27). The fourth-order valence-electron chi connectivity index (χ4n) is 3.96. The number of hydrogen-bond donors (Lipinski definition) is 1. The molecule has 0 radical (unpaired) electrons. The average molecular weight is 424 g/mol. The molecule has 0 bridgehead atoms. The van der Waals surface area contributed by atoms with Gasteiger partial charge >= 0.3 is 0 Å². The Kier molecular flexibility index (Phi) is 6.45. The van der Waals surface area contributed by atoms with Gasteiger partial charge in [-0.3, -0.25) is 14.8 Å². The van der Waals surface area contributed by atoms with Gasteiger partial charge in [-0.25, -0.2) is 4.98 Å². The lowest BCUT2D eigenvalue weighted by Crippen LogP contribution is -2.38. The number of hydrogen-bond acceptors (Lipinski definition) is 4. The highest BCUT2D eigenvalue weighted by Crippen LogP contribution is 2.25.